The molecule has 0 radical (unpaired) electrons. The van der Waals surface area contributed by atoms with Crippen molar-refractivity contribution in [1.29, 1.82) is 0 Å². The molecule has 0 atom stereocenters. The monoisotopic (exact) mass is 381 g/mol. The first-order valence-corrected chi connectivity index (χ1v) is 8.77. The van der Waals surface area contributed by atoms with Crippen molar-refractivity contribution in [2.75, 3.05) is 0 Å². The Labute approximate surface area is 156 Å². The third-order valence-corrected chi connectivity index (χ3v) is 4.67. The van der Waals surface area contributed by atoms with E-state index in [2.05, 4.69) is 10.1 Å². The highest BCUT2D eigenvalue weighted by molar-refractivity contribution is 7.15. The summed E-state index contributed by atoms with van der Waals surface area (Å²) >= 11 is 1.15. The molecule has 2 aromatic carbocycles. The molecule has 4 rings (SSSR count). The van der Waals surface area contributed by atoms with E-state index in [1.165, 1.54) is 23.6 Å². The Morgan fingerprint density at radius 2 is 2.04 bits per heavy atom. The lowest BCUT2D eigenvalue weighted by Gasteiger charge is -2.04. The third kappa shape index (κ3) is 3.34. The molecule has 0 aliphatic rings. The first-order valence-electron chi connectivity index (χ1n) is 7.96. The number of aromatic nitrogens is 3. The molecule has 8 heteroatoms. The second-order valence-electron chi connectivity index (χ2n) is 5.69. The third-order valence-electron chi connectivity index (χ3n) is 3.71. The molecule has 2 heterocycles. The van der Waals surface area contributed by atoms with Gasteiger partial charge in [-0.25, -0.2) is 4.39 Å². The van der Waals surface area contributed by atoms with E-state index in [1.807, 2.05) is 0 Å². The van der Waals surface area contributed by atoms with Gasteiger partial charge in [-0.1, -0.05) is 35.6 Å². The second kappa shape index (κ2) is 6.73. The molecular weight excluding hydrogens is 369 g/mol. The number of thiazole rings is 1. The summed E-state index contributed by atoms with van der Waals surface area (Å²) in [5.41, 5.74) is 0.749. The van der Waals surface area contributed by atoms with Gasteiger partial charge in [0, 0.05) is 6.92 Å². The number of hydrogen-bond acceptors (Lipinski definition) is 6. The smallest absolute Gasteiger partial charge is 0.308 e. The van der Waals surface area contributed by atoms with E-state index in [0.29, 0.717) is 26.4 Å². The molecule has 0 aliphatic heterocycles. The van der Waals surface area contributed by atoms with Crippen molar-refractivity contribution >= 4 is 28.3 Å². The van der Waals surface area contributed by atoms with Crippen molar-refractivity contribution < 1.29 is 13.9 Å². The summed E-state index contributed by atoms with van der Waals surface area (Å²) in [7, 11) is 0. The summed E-state index contributed by atoms with van der Waals surface area (Å²) in [6, 6.07) is 12.8. The summed E-state index contributed by atoms with van der Waals surface area (Å²) in [5, 5.41) is 4.25. The normalized spacial score (nSPS) is 11.9. The number of hydrogen-bond donors (Lipinski definition) is 0. The zero-order valence-electron chi connectivity index (χ0n) is 14.0. The molecule has 134 valence electrons. The van der Waals surface area contributed by atoms with Crippen molar-refractivity contribution in [2.45, 2.75) is 6.92 Å². The maximum absolute atomic E-state index is 13.3. The minimum Gasteiger partial charge on any atom is -0.426 e. The largest absolute Gasteiger partial charge is 0.426 e. The Hall–Kier alpha value is -3.39. The highest BCUT2D eigenvalue weighted by Crippen LogP contribution is 2.27. The molecule has 0 bridgehead atoms. The SMILES string of the molecule is CC(=O)Oc1ccccc1-c1nc2s/c(=C\c3cccc(F)c3)c(=O)n2n1. The molecule has 0 saturated heterocycles. The molecule has 0 fully saturated rings. The van der Waals surface area contributed by atoms with Crippen LogP contribution in [0, 0.1) is 5.82 Å². The number of nitrogens with zero attached hydrogens (tertiary/aromatic N) is 3. The van der Waals surface area contributed by atoms with Crippen molar-refractivity contribution in [2.24, 2.45) is 0 Å². The van der Waals surface area contributed by atoms with Gasteiger partial charge in [-0.15, -0.1) is 5.10 Å². The molecular formula is C19H12FN3O3S. The Bertz CT molecular complexity index is 1280. The van der Waals surface area contributed by atoms with Crippen LogP contribution >= 0.6 is 11.3 Å². The first-order chi connectivity index (χ1) is 13.0. The fourth-order valence-corrected chi connectivity index (χ4v) is 3.50. The second-order valence-corrected chi connectivity index (χ2v) is 6.70. The number of benzene rings is 2. The summed E-state index contributed by atoms with van der Waals surface area (Å²) < 4.78 is 20.1. The van der Waals surface area contributed by atoms with E-state index in [-0.39, 0.29) is 17.2 Å². The number of carbonyl (C=O) groups excluding carboxylic acids is 1. The molecule has 0 unspecified atom stereocenters. The van der Waals surface area contributed by atoms with Crippen LogP contribution < -0.4 is 14.8 Å². The summed E-state index contributed by atoms with van der Waals surface area (Å²) in [6.45, 7) is 1.31. The maximum Gasteiger partial charge on any atom is 0.308 e. The van der Waals surface area contributed by atoms with Crippen LogP contribution in [0.5, 0.6) is 5.75 Å². The van der Waals surface area contributed by atoms with Crippen LogP contribution in [0.15, 0.2) is 53.3 Å². The predicted molar refractivity (Wildman–Crippen MR) is 99.1 cm³/mol. The summed E-state index contributed by atoms with van der Waals surface area (Å²) in [5.74, 6) is -0.227. The minimum atomic E-state index is -0.458. The number of rotatable bonds is 3. The maximum atomic E-state index is 13.3. The number of esters is 1. The van der Waals surface area contributed by atoms with Crippen molar-refractivity contribution in [1.82, 2.24) is 14.6 Å². The number of ether oxygens (including phenoxy) is 1. The lowest BCUT2D eigenvalue weighted by Crippen LogP contribution is -2.23. The average Bonchev–Trinajstić information content (AvgIpc) is 3.15. The van der Waals surface area contributed by atoms with Gasteiger partial charge in [0.2, 0.25) is 4.96 Å². The fourth-order valence-electron chi connectivity index (χ4n) is 2.59. The quantitative estimate of drug-likeness (QED) is 0.403. The van der Waals surface area contributed by atoms with Gasteiger partial charge in [0.05, 0.1) is 10.1 Å². The van der Waals surface area contributed by atoms with Crippen LogP contribution in [-0.2, 0) is 4.79 Å². The Balaban J connectivity index is 1.80. The van der Waals surface area contributed by atoms with E-state index < -0.39 is 5.97 Å². The van der Waals surface area contributed by atoms with Crippen LogP contribution in [0.2, 0.25) is 0 Å². The summed E-state index contributed by atoms with van der Waals surface area (Å²) in [4.78, 5) is 28.6. The number of carbonyl (C=O) groups is 1. The van der Waals surface area contributed by atoms with Crippen LogP contribution in [0.4, 0.5) is 4.39 Å². The topological polar surface area (TPSA) is 73.6 Å². The first kappa shape index (κ1) is 17.0. The average molecular weight is 381 g/mol. The van der Waals surface area contributed by atoms with Crippen LogP contribution in [-0.4, -0.2) is 20.6 Å². The van der Waals surface area contributed by atoms with Crippen LogP contribution in [0.1, 0.15) is 12.5 Å². The molecule has 0 saturated carbocycles. The zero-order chi connectivity index (χ0) is 19.0. The lowest BCUT2D eigenvalue weighted by molar-refractivity contribution is -0.131. The van der Waals surface area contributed by atoms with E-state index in [1.54, 1.807) is 42.5 Å². The molecule has 6 nitrogen and oxygen atoms in total. The van der Waals surface area contributed by atoms with Gasteiger partial charge in [0.15, 0.2) is 5.82 Å². The Morgan fingerprint density at radius 3 is 2.78 bits per heavy atom. The van der Waals surface area contributed by atoms with E-state index in [9.17, 15) is 14.0 Å². The van der Waals surface area contributed by atoms with E-state index in [4.69, 9.17) is 4.74 Å². The molecule has 0 spiro atoms. The molecule has 0 N–H and O–H groups in total. The highest BCUT2D eigenvalue weighted by atomic mass is 32.1. The van der Waals surface area contributed by atoms with Gasteiger partial charge in [-0.2, -0.15) is 9.50 Å². The molecule has 4 aromatic rings. The van der Waals surface area contributed by atoms with Gasteiger partial charge >= 0.3 is 5.97 Å². The Kier molecular flexibility index (Phi) is 4.25. The Morgan fingerprint density at radius 1 is 1.22 bits per heavy atom. The van der Waals surface area contributed by atoms with Gasteiger partial charge < -0.3 is 4.74 Å². The number of halogens is 1. The molecule has 0 aliphatic carbocycles. The van der Waals surface area contributed by atoms with Gasteiger partial charge in [-0.05, 0) is 35.9 Å². The molecule has 0 amide bonds. The van der Waals surface area contributed by atoms with Gasteiger partial charge in [-0.3, -0.25) is 9.59 Å². The van der Waals surface area contributed by atoms with E-state index >= 15 is 0 Å². The van der Waals surface area contributed by atoms with Crippen LogP contribution in [0.3, 0.4) is 0 Å². The van der Waals surface area contributed by atoms with Crippen molar-refractivity contribution in [3.05, 3.63) is 74.8 Å². The van der Waals surface area contributed by atoms with Crippen molar-refractivity contribution in [3.63, 3.8) is 0 Å². The minimum absolute atomic E-state index is 0.285. The van der Waals surface area contributed by atoms with Gasteiger partial charge in [0.25, 0.3) is 5.56 Å². The zero-order valence-corrected chi connectivity index (χ0v) is 14.9. The van der Waals surface area contributed by atoms with E-state index in [0.717, 1.165) is 11.3 Å². The predicted octanol–water partition coefficient (Wildman–Crippen LogP) is 2.43. The summed E-state index contributed by atoms with van der Waals surface area (Å²) in [6.07, 6.45) is 1.60. The number of para-hydroxylation sites is 1. The number of fused-ring (bicyclic) bond motifs is 1. The lowest BCUT2D eigenvalue weighted by atomic mass is 10.2. The standard InChI is InChI=1S/C19H12FN3O3S/c1-11(24)26-15-8-3-2-7-14(15)17-21-19-23(22-17)18(25)16(27-19)10-12-5-4-6-13(20)9-12/h2-10H,1H3/b16-10-. The molecule has 2 aromatic heterocycles. The fraction of sp³-hybridized carbons (Fsp3) is 0.0526. The highest BCUT2D eigenvalue weighted by Gasteiger charge is 2.16. The molecule has 27 heavy (non-hydrogen) atoms. The van der Waals surface area contributed by atoms with Crippen LogP contribution in [0.25, 0.3) is 22.4 Å². The van der Waals surface area contributed by atoms with Crippen molar-refractivity contribution in [3.8, 4) is 17.1 Å². The van der Waals surface area contributed by atoms with Gasteiger partial charge in [0.1, 0.15) is 11.6 Å².